The molecule has 0 spiro atoms. The van der Waals surface area contributed by atoms with Crippen LogP contribution in [0.1, 0.15) is 11.1 Å². The monoisotopic (exact) mass is 414 g/mol. The maximum absolute atomic E-state index is 13.3. The Morgan fingerprint density at radius 2 is 1.83 bits per heavy atom. The van der Waals surface area contributed by atoms with Gasteiger partial charge in [-0.2, -0.15) is 0 Å². The summed E-state index contributed by atoms with van der Waals surface area (Å²) in [7, 11) is 3.19. The summed E-state index contributed by atoms with van der Waals surface area (Å²) in [5.41, 5.74) is 3.21. The summed E-state index contributed by atoms with van der Waals surface area (Å²) in [6, 6.07) is 11.2. The van der Waals surface area contributed by atoms with Gasteiger partial charge in [-0.1, -0.05) is 23.7 Å². The van der Waals surface area contributed by atoms with Crippen molar-refractivity contribution in [2.24, 2.45) is 0 Å². The number of amides is 1. The van der Waals surface area contributed by atoms with Gasteiger partial charge in [-0.05, 0) is 35.9 Å². The molecule has 152 valence electrons. The van der Waals surface area contributed by atoms with E-state index in [1.807, 2.05) is 42.5 Å². The second kappa shape index (κ2) is 8.45. The summed E-state index contributed by atoms with van der Waals surface area (Å²) in [5.74, 6) is 1.23. The lowest BCUT2D eigenvalue weighted by Gasteiger charge is -2.30. The normalized spacial score (nSPS) is 18.2. The molecule has 0 saturated carbocycles. The maximum atomic E-state index is 13.3. The average Bonchev–Trinajstić information content (AvgIpc) is 2.99. The smallest absolute Gasteiger partial charge is 0.260 e. The number of morpholine rings is 1. The molecule has 2 aromatic carbocycles. The molecule has 1 fully saturated rings. The molecule has 1 saturated heterocycles. The van der Waals surface area contributed by atoms with Gasteiger partial charge in [-0.25, -0.2) is 0 Å². The zero-order chi connectivity index (χ0) is 20.4. The van der Waals surface area contributed by atoms with Gasteiger partial charge in [0.1, 0.15) is 0 Å². The molecule has 6 nitrogen and oxygen atoms in total. The van der Waals surface area contributed by atoms with E-state index in [2.05, 4.69) is 4.90 Å². The Hall–Kier alpha value is -2.54. The molecule has 0 unspecified atom stereocenters. The third kappa shape index (κ3) is 3.96. The third-order valence-corrected chi connectivity index (χ3v) is 5.42. The molecule has 4 rings (SSSR count). The Kier molecular flexibility index (Phi) is 5.76. The Bertz CT molecular complexity index is 954. The summed E-state index contributed by atoms with van der Waals surface area (Å²) in [5, 5.41) is 0.607. The van der Waals surface area contributed by atoms with Gasteiger partial charge in [0.15, 0.2) is 11.5 Å². The fourth-order valence-corrected chi connectivity index (χ4v) is 3.82. The van der Waals surface area contributed by atoms with Crippen molar-refractivity contribution in [3.63, 3.8) is 0 Å². The number of nitrogens with zero attached hydrogens (tertiary/aromatic N) is 2. The zero-order valence-electron chi connectivity index (χ0n) is 16.5. The lowest BCUT2D eigenvalue weighted by atomic mass is 10.0. The highest BCUT2D eigenvalue weighted by Gasteiger charge is 2.33. The topological polar surface area (TPSA) is 51.2 Å². The van der Waals surface area contributed by atoms with E-state index in [9.17, 15) is 4.79 Å². The largest absolute Gasteiger partial charge is 0.493 e. The number of carbonyl (C=O) groups is 1. The molecular formula is C22H23ClN2O4. The van der Waals surface area contributed by atoms with Crippen LogP contribution in [0.5, 0.6) is 11.5 Å². The Balaban J connectivity index is 1.70. The first-order valence-corrected chi connectivity index (χ1v) is 9.84. The van der Waals surface area contributed by atoms with E-state index in [1.165, 1.54) is 0 Å². The fourth-order valence-electron chi connectivity index (χ4n) is 3.66. The number of ether oxygens (including phenoxy) is 3. The van der Waals surface area contributed by atoms with E-state index < -0.39 is 0 Å². The SMILES string of the molecule is COc1ccc(C=C2C(=O)N(CN3CCOCC3)c3cc(Cl)ccc32)cc1OC. The lowest BCUT2D eigenvalue weighted by molar-refractivity contribution is -0.113. The van der Waals surface area contributed by atoms with E-state index in [1.54, 1.807) is 19.1 Å². The van der Waals surface area contributed by atoms with Gasteiger partial charge in [0.2, 0.25) is 0 Å². The number of hydrogen-bond donors (Lipinski definition) is 0. The van der Waals surface area contributed by atoms with Gasteiger partial charge >= 0.3 is 0 Å². The van der Waals surface area contributed by atoms with E-state index in [0.717, 1.165) is 29.9 Å². The van der Waals surface area contributed by atoms with Gasteiger partial charge in [-0.3, -0.25) is 14.6 Å². The lowest BCUT2D eigenvalue weighted by Crippen LogP contribution is -2.45. The highest BCUT2D eigenvalue weighted by atomic mass is 35.5. The first kappa shape index (κ1) is 19.8. The number of benzene rings is 2. The number of anilines is 1. The van der Waals surface area contributed by atoms with Gasteiger partial charge < -0.3 is 14.2 Å². The van der Waals surface area contributed by atoms with Crippen molar-refractivity contribution in [1.29, 1.82) is 0 Å². The van der Waals surface area contributed by atoms with Crippen molar-refractivity contribution in [1.82, 2.24) is 4.90 Å². The number of carbonyl (C=O) groups excluding carboxylic acids is 1. The minimum Gasteiger partial charge on any atom is -0.493 e. The fraction of sp³-hybridized carbons (Fsp3) is 0.318. The van der Waals surface area contributed by atoms with Crippen LogP contribution >= 0.6 is 11.6 Å². The van der Waals surface area contributed by atoms with Crippen LogP contribution in [-0.2, 0) is 9.53 Å². The van der Waals surface area contributed by atoms with Crippen LogP contribution in [0.2, 0.25) is 5.02 Å². The quantitative estimate of drug-likeness (QED) is 0.700. The average molecular weight is 415 g/mol. The molecule has 1 amide bonds. The summed E-state index contributed by atoms with van der Waals surface area (Å²) >= 11 is 6.24. The van der Waals surface area contributed by atoms with Crippen LogP contribution in [0.4, 0.5) is 5.69 Å². The molecule has 0 aliphatic carbocycles. The first-order chi connectivity index (χ1) is 14.1. The van der Waals surface area contributed by atoms with E-state index in [4.69, 9.17) is 25.8 Å². The van der Waals surface area contributed by atoms with Gasteiger partial charge in [0, 0.05) is 29.2 Å². The molecule has 7 heteroatoms. The van der Waals surface area contributed by atoms with Gasteiger partial charge in [-0.15, -0.1) is 0 Å². The van der Waals surface area contributed by atoms with Crippen LogP contribution in [0.3, 0.4) is 0 Å². The van der Waals surface area contributed by atoms with Crippen molar-refractivity contribution in [3.8, 4) is 11.5 Å². The molecule has 2 aliphatic heterocycles. The molecule has 0 atom stereocenters. The van der Waals surface area contributed by atoms with Crippen LogP contribution in [0, 0.1) is 0 Å². The standard InChI is InChI=1S/C22H23ClN2O4/c1-27-20-6-3-15(12-21(20)28-2)11-18-17-5-4-16(23)13-19(17)25(22(18)26)14-24-7-9-29-10-8-24/h3-6,11-13H,7-10,14H2,1-2H3. The summed E-state index contributed by atoms with van der Waals surface area (Å²) < 4.78 is 16.1. The number of fused-ring (bicyclic) bond motifs is 1. The zero-order valence-corrected chi connectivity index (χ0v) is 17.2. The number of methoxy groups -OCH3 is 2. The minimum absolute atomic E-state index is 0.0384. The van der Waals surface area contributed by atoms with Crippen molar-refractivity contribution in [3.05, 3.63) is 52.5 Å². The van der Waals surface area contributed by atoms with Crippen molar-refractivity contribution in [2.45, 2.75) is 0 Å². The molecule has 0 aromatic heterocycles. The van der Waals surface area contributed by atoms with E-state index in [-0.39, 0.29) is 5.91 Å². The van der Waals surface area contributed by atoms with Gasteiger partial charge in [0.05, 0.1) is 39.8 Å². The molecule has 29 heavy (non-hydrogen) atoms. The Morgan fingerprint density at radius 1 is 1.07 bits per heavy atom. The van der Waals surface area contributed by atoms with Crippen molar-refractivity contribution >= 4 is 34.8 Å². The summed E-state index contributed by atoms with van der Waals surface area (Å²) in [6.07, 6.45) is 1.89. The molecule has 2 aromatic rings. The Labute approximate surface area is 175 Å². The highest BCUT2D eigenvalue weighted by molar-refractivity contribution is 6.37. The van der Waals surface area contributed by atoms with Crippen LogP contribution in [-0.4, -0.2) is 58.0 Å². The predicted octanol–water partition coefficient (Wildman–Crippen LogP) is 3.53. The van der Waals surface area contributed by atoms with Crippen LogP contribution < -0.4 is 14.4 Å². The van der Waals surface area contributed by atoms with Gasteiger partial charge in [0.25, 0.3) is 5.91 Å². The molecule has 0 radical (unpaired) electrons. The van der Waals surface area contributed by atoms with Crippen molar-refractivity contribution in [2.75, 3.05) is 52.1 Å². The minimum atomic E-state index is -0.0384. The van der Waals surface area contributed by atoms with E-state index in [0.29, 0.717) is 42.0 Å². The highest BCUT2D eigenvalue weighted by Crippen LogP contribution is 2.40. The molecule has 0 N–H and O–H groups in total. The first-order valence-electron chi connectivity index (χ1n) is 9.46. The number of hydrogen-bond acceptors (Lipinski definition) is 5. The Morgan fingerprint density at radius 3 is 2.55 bits per heavy atom. The van der Waals surface area contributed by atoms with Crippen molar-refractivity contribution < 1.29 is 19.0 Å². The second-order valence-corrected chi connectivity index (χ2v) is 7.38. The summed E-state index contributed by atoms with van der Waals surface area (Å²) in [6.45, 7) is 3.47. The van der Waals surface area contributed by atoms with E-state index >= 15 is 0 Å². The molecule has 2 heterocycles. The van der Waals surface area contributed by atoms with Crippen LogP contribution in [0.25, 0.3) is 11.6 Å². The summed E-state index contributed by atoms with van der Waals surface area (Å²) in [4.78, 5) is 17.3. The molecule has 0 bridgehead atoms. The molecule has 2 aliphatic rings. The third-order valence-electron chi connectivity index (χ3n) is 5.18. The number of rotatable bonds is 5. The molecular weight excluding hydrogens is 392 g/mol. The maximum Gasteiger partial charge on any atom is 0.260 e. The number of halogens is 1. The second-order valence-electron chi connectivity index (χ2n) is 6.94. The predicted molar refractivity (Wildman–Crippen MR) is 114 cm³/mol. The van der Waals surface area contributed by atoms with Crippen LogP contribution in [0.15, 0.2) is 36.4 Å².